The zero-order valence-electron chi connectivity index (χ0n) is 8.27. The van der Waals surface area contributed by atoms with Gasteiger partial charge in [-0.15, -0.1) is 0 Å². The first-order valence-corrected chi connectivity index (χ1v) is 5.39. The van der Waals surface area contributed by atoms with Gasteiger partial charge >= 0.3 is 0 Å². The van der Waals surface area contributed by atoms with Gasteiger partial charge in [0.15, 0.2) is 11.6 Å². The number of hydrogen-bond acceptors (Lipinski definition) is 2. The number of rotatable bonds is 2. The summed E-state index contributed by atoms with van der Waals surface area (Å²) >= 11 is 8.73. The van der Waals surface area contributed by atoms with E-state index in [-0.39, 0.29) is 10.6 Å². The molecule has 2 nitrogen and oxygen atoms in total. The first-order chi connectivity index (χ1) is 6.75. The van der Waals surface area contributed by atoms with Crippen molar-refractivity contribution in [1.82, 2.24) is 0 Å². The largest absolute Gasteiger partial charge is 0.319 e. The third kappa shape index (κ3) is 2.56. The van der Waals surface area contributed by atoms with E-state index in [0.717, 1.165) is 0 Å². The number of carbonyl (C=O) groups excluding carboxylic acids is 1. The molecule has 0 spiro atoms. The van der Waals surface area contributed by atoms with Gasteiger partial charge < -0.3 is 5.73 Å². The van der Waals surface area contributed by atoms with Crippen LogP contribution in [0.4, 0.5) is 4.39 Å². The Hall–Kier alpha value is -0.450. The lowest BCUT2D eigenvalue weighted by molar-refractivity contribution is 0.0909. The normalized spacial score (nSPS) is 11.6. The molecule has 0 unspecified atom stereocenters. The molecule has 2 N–H and O–H groups in total. The molecule has 0 aliphatic carbocycles. The summed E-state index contributed by atoms with van der Waals surface area (Å²) in [6.07, 6.45) is 0. The van der Waals surface area contributed by atoms with Gasteiger partial charge in [0.1, 0.15) is 0 Å². The summed E-state index contributed by atoms with van der Waals surface area (Å²) in [7, 11) is 0. The van der Waals surface area contributed by atoms with Gasteiger partial charge in [0, 0.05) is 4.47 Å². The molecule has 0 saturated heterocycles. The van der Waals surface area contributed by atoms with Gasteiger partial charge in [-0.1, -0.05) is 11.6 Å². The van der Waals surface area contributed by atoms with E-state index in [0.29, 0.717) is 4.47 Å². The Labute approximate surface area is 101 Å². The van der Waals surface area contributed by atoms with E-state index in [1.165, 1.54) is 26.0 Å². The maximum absolute atomic E-state index is 13.6. The van der Waals surface area contributed by atoms with Crippen LogP contribution in [0.1, 0.15) is 24.2 Å². The third-order valence-electron chi connectivity index (χ3n) is 1.87. The molecule has 0 aliphatic heterocycles. The molecule has 0 aromatic heterocycles. The molecule has 15 heavy (non-hydrogen) atoms. The minimum absolute atomic E-state index is 0.0873. The van der Waals surface area contributed by atoms with Crippen LogP contribution in [-0.4, -0.2) is 11.3 Å². The zero-order valence-corrected chi connectivity index (χ0v) is 10.6. The first kappa shape index (κ1) is 12.6. The second kappa shape index (κ2) is 4.20. The van der Waals surface area contributed by atoms with Crippen molar-refractivity contribution in [3.05, 3.63) is 33.0 Å². The van der Waals surface area contributed by atoms with Crippen LogP contribution in [0.25, 0.3) is 0 Å². The molecular formula is C10H10BrClFNO. The summed E-state index contributed by atoms with van der Waals surface area (Å²) in [6, 6.07) is 2.88. The van der Waals surface area contributed by atoms with Crippen molar-refractivity contribution in [2.24, 2.45) is 5.73 Å². The third-order valence-corrected chi connectivity index (χ3v) is 3.12. The number of Topliss-reactive ketones (excluding diaryl/α,β-unsaturated/α-hetero) is 1. The number of ketones is 1. The summed E-state index contributed by atoms with van der Waals surface area (Å²) in [4.78, 5) is 11.7. The van der Waals surface area contributed by atoms with E-state index < -0.39 is 17.1 Å². The molecule has 0 atom stereocenters. The summed E-state index contributed by atoms with van der Waals surface area (Å²) < 4.78 is 14.0. The summed E-state index contributed by atoms with van der Waals surface area (Å²) in [5, 5.41) is -0.106. The molecule has 82 valence electrons. The van der Waals surface area contributed by atoms with Gasteiger partial charge in [-0.05, 0) is 41.9 Å². The second-order valence-corrected chi connectivity index (χ2v) is 5.01. The second-order valence-electron chi connectivity index (χ2n) is 3.77. The Morgan fingerprint density at radius 1 is 1.53 bits per heavy atom. The monoisotopic (exact) mass is 293 g/mol. The highest BCUT2D eigenvalue weighted by Gasteiger charge is 2.27. The van der Waals surface area contributed by atoms with Gasteiger partial charge in [0.25, 0.3) is 0 Å². The van der Waals surface area contributed by atoms with Crippen molar-refractivity contribution in [3.8, 4) is 0 Å². The fourth-order valence-electron chi connectivity index (χ4n) is 1.05. The van der Waals surface area contributed by atoms with Gasteiger partial charge in [0.2, 0.25) is 0 Å². The van der Waals surface area contributed by atoms with Gasteiger partial charge in [-0.2, -0.15) is 0 Å². The molecule has 0 heterocycles. The minimum Gasteiger partial charge on any atom is -0.319 e. The fraction of sp³-hybridized carbons (Fsp3) is 0.300. The van der Waals surface area contributed by atoms with Crippen LogP contribution in [-0.2, 0) is 0 Å². The van der Waals surface area contributed by atoms with Crippen LogP contribution in [0.3, 0.4) is 0 Å². The SMILES string of the molecule is CC(C)(N)C(=O)c1ccc(Br)c(Cl)c1F. The predicted octanol–water partition coefficient (Wildman–Crippen LogP) is 3.16. The van der Waals surface area contributed by atoms with Crippen LogP contribution < -0.4 is 5.73 Å². The molecule has 5 heteroatoms. The van der Waals surface area contributed by atoms with E-state index in [2.05, 4.69) is 15.9 Å². The first-order valence-electron chi connectivity index (χ1n) is 4.22. The van der Waals surface area contributed by atoms with Gasteiger partial charge in [-0.3, -0.25) is 4.79 Å². The summed E-state index contributed by atoms with van der Waals surface area (Å²) in [6.45, 7) is 3.04. The number of benzene rings is 1. The molecule has 0 radical (unpaired) electrons. The van der Waals surface area contributed by atoms with Crippen molar-refractivity contribution in [2.45, 2.75) is 19.4 Å². The standard InChI is InChI=1S/C10H10BrClFNO/c1-10(2,14)9(15)5-3-4-6(11)7(12)8(5)13/h3-4H,14H2,1-2H3. The predicted molar refractivity (Wildman–Crippen MR) is 61.7 cm³/mol. The highest BCUT2D eigenvalue weighted by Crippen LogP contribution is 2.28. The Morgan fingerprint density at radius 2 is 2.07 bits per heavy atom. The Balaban J connectivity index is 3.29. The van der Waals surface area contributed by atoms with Crippen molar-refractivity contribution in [1.29, 1.82) is 0 Å². The van der Waals surface area contributed by atoms with Crippen molar-refractivity contribution >= 4 is 33.3 Å². The van der Waals surface area contributed by atoms with E-state index in [1.54, 1.807) is 0 Å². The van der Waals surface area contributed by atoms with Crippen molar-refractivity contribution in [3.63, 3.8) is 0 Å². The van der Waals surface area contributed by atoms with Gasteiger partial charge in [0.05, 0.1) is 16.1 Å². The zero-order chi connectivity index (χ0) is 11.8. The Bertz CT molecular complexity index is 415. The number of carbonyl (C=O) groups is 1. The summed E-state index contributed by atoms with van der Waals surface area (Å²) in [5.41, 5.74) is 4.40. The van der Waals surface area contributed by atoms with Gasteiger partial charge in [-0.25, -0.2) is 4.39 Å². The molecule has 0 amide bonds. The Kier molecular flexibility index (Phi) is 3.53. The lowest BCUT2D eigenvalue weighted by Gasteiger charge is -2.17. The quantitative estimate of drug-likeness (QED) is 0.672. The average molecular weight is 295 g/mol. The lowest BCUT2D eigenvalue weighted by atomic mass is 9.94. The van der Waals surface area contributed by atoms with Crippen LogP contribution in [0, 0.1) is 5.82 Å². The maximum Gasteiger partial charge on any atom is 0.185 e. The van der Waals surface area contributed by atoms with E-state index in [9.17, 15) is 9.18 Å². The van der Waals surface area contributed by atoms with E-state index in [1.807, 2.05) is 0 Å². The minimum atomic E-state index is -1.11. The maximum atomic E-state index is 13.6. The van der Waals surface area contributed by atoms with Crippen LogP contribution in [0.2, 0.25) is 5.02 Å². The molecule has 0 aliphatic rings. The molecule has 0 bridgehead atoms. The van der Waals surface area contributed by atoms with Crippen molar-refractivity contribution < 1.29 is 9.18 Å². The molecule has 1 aromatic carbocycles. The number of halogens is 3. The number of nitrogens with two attached hydrogens (primary N) is 1. The topological polar surface area (TPSA) is 43.1 Å². The fourth-order valence-corrected chi connectivity index (χ4v) is 1.52. The molecule has 0 fully saturated rings. The smallest absolute Gasteiger partial charge is 0.185 e. The van der Waals surface area contributed by atoms with Crippen LogP contribution in [0.5, 0.6) is 0 Å². The highest BCUT2D eigenvalue weighted by molar-refractivity contribution is 9.10. The van der Waals surface area contributed by atoms with Crippen LogP contribution >= 0.6 is 27.5 Å². The Morgan fingerprint density at radius 3 is 2.53 bits per heavy atom. The number of hydrogen-bond donors (Lipinski definition) is 1. The van der Waals surface area contributed by atoms with Crippen LogP contribution in [0.15, 0.2) is 16.6 Å². The molecule has 0 saturated carbocycles. The average Bonchev–Trinajstić information content (AvgIpc) is 2.12. The van der Waals surface area contributed by atoms with E-state index in [4.69, 9.17) is 17.3 Å². The van der Waals surface area contributed by atoms with Crippen molar-refractivity contribution in [2.75, 3.05) is 0 Å². The molecule has 1 rings (SSSR count). The lowest BCUT2D eigenvalue weighted by Crippen LogP contribution is -2.41. The van der Waals surface area contributed by atoms with E-state index >= 15 is 0 Å². The summed E-state index contributed by atoms with van der Waals surface area (Å²) in [5.74, 6) is -1.22. The highest BCUT2D eigenvalue weighted by atomic mass is 79.9. The molecular weight excluding hydrogens is 284 g/mol. The molecule has 1 aromatic rings.